The van der Waals surface area contributed by atoms with E-state index in [0.29, 0.717) is 14.4 Å². The third-order valence-corrected chi connectivity index (χ3v) is 2.64. The quantitative estimate of drug-likeness (QED) is 0.560. The Morgan fingerprint density at radius 1 is 1.18 bits per heavy atom. The van der Waals surface area contributed by atoms with Gasteiger partial charge in [0.05, 0.1) is 0 Å². The van der Waals surface area contributed by atoms with E-state index in [1.807, 2.05) is 0 Å². The number of hydrogen-bond donors (Lipinski definition) is 0. The van der Waals surface area contributed by atoms with Crippen LogP contribution in [0, 0.1) is 11.8 Å². The maximum absolute atomic E-state index is 10.2. The zero-order valence-electron chi connectivity index (χ0n) is 7.84. The number of hydrogen-bond acceptors (Lipinski definition) is 1. The summed E-state index contributed by atoms with van der Waals surface area (Å²) < 4.78 is 10.2. The second kappa shape index (κ2) is 6.79. The van der Waals surface area contributed by atoms with Crippen LogP contribution in [0.5, 0.6) is 0 Å². The summed E-state index contributed by atoms with van der Waals surface area (Å²) in [4.78, 5) is 0. The molecular formula is C9H19OP. The maximum Gasteiger partial charge on any atom is 0.155 e. The SMILES string of the molecule is CC(C)CCCC(C)CP=O. The van der Waals surface area contributed by atoms with Crippen molar-refractivity contribution in [2.75, 3.05) is 6.16 Å². The van der Waals surface area contributed by atoms with Crippen LogP contribution in [0.15, 0.2) is 0 Å². The molecule has 0 rings (SSSR count). The molecule has 0 spiro atoms. The summed E-state index contributed by atoms with van der Waals surface area (Å²) in [5, 5.41) is 0. The van der Waals surface area contributed by atoms with Crippen molar-refractivity contribution in [3.05, 3.63) is 0 Å². The molecular weight excluding hydrogens is 155 g/mol. The van der Waals surface area contributed by atoms with Crippen molar-refractivity contribution in [1.29, 1.82) is 0 Å². The third kappa shape index (κ3) is 8.00. The molecule has 66 valence electrons. The molecule has 0 heterocycles. The monoisotopic (exact) mass is 174 g/mol. The molecule has 0 saturated heterocycles. The fraction of sp³-hybridized carbons (Fsp3) is 1.00. The van der Waals surface area contributed by atoms with Gasteiger partial charge in [-0.15, -0.1) is 0 Å². The molecule has 0 aromatic rings. The van der Waals surface area contributed by atoms with E-state index >= 15 is 0 Å². The van der Waals surface area contributed by atoms with Gasteiger partial charge in [-0.3, -0.25) is 4.57 Å². The van der Waals surface area contributed by atoms with Crippen LogP contribution in [0.1, 0.15) is 40.0 Å². The molecule has 0 aromatic heterocycles. The van der Waals surface area contributed by atoms with E-state index in [1.54, 1.807) is 0 Å². The summed E-state index contributed by atoms with van der Waals surface area (Å²) in [5.74, 6) is 1.44. The Hall–Kier alpha value is 0.100. The van der Waals surface area contributed by atoms with Crippen LogP contribution < -0.4 is 0 Å². The fourth-order valence-corrected chi connectivity index (χ4v) is 1.53. The molecule has 0 aliphatic carbocycles. The smallest absolute Gasteiger partial charge is 0.155 e. The summed E-state index contributed by atoms with van der Waals surface area (Å²) in [7, 11) is 0.306. The molecule has 1 nitrogen and oxygen atoms in total. The predicted octanol–water partition coefficient (Wildman–Crippen LogP) is 3.74. The first-order chi connectivity index (χ1) is 5.16. The number of rotatable bonds is 6. The van der Waals surface area contributed by atoms with Crippen molar-refractivity contribution in [2.45, 2.75) is 40.0 Å². The van der Waals surface area contributed by atoms with Gasteiger partial charge in [0.1, 0.15) is 0 Å². The minimum Gasteiger partial charge on any atom is -0.275 e. The molecule has 2 heteroatoms. The van der Waals surface area contributed by atoms with Crippen LogP contribution in [-0.2, 0) is 4.57 Å². The summed E-state index contributed by atoms with van der Waals surface area (Å²) in [5.41, 5.74) is 0. The highest BCUT2D eigenvalue weighted by Gasteiger charge is 2.01. The van der Waals surface area contributed by atoms with E-state index in [-0.39, 0.29) is 0 Å². The molecule has 1 atom stereocenters. The zero-order valence-corrected chi connectivity index (χ0v) is 8.73. The topological polar surface area (TPSA) is 17.1 Å². The molecule has 0 N–H and O–H groups in total. The van der Waals surface area contributed by atoms with Crippen molar-refractivity contribution in [3.8, 4) is 0 Å². The highest BCUT2D eigenvalue weighted by Crippen LogP contribution is 2.15. The predicted molar refractivity (Wildman–Crippen MR) is 50.3 cm³/mol. The molecule has 11 heavy (non-hydrogen) atoms. The Kier molecular flexibility index (Phi) is 6.85. The first kappa shape index (κ1) is 11.1. The van der Waals surface area contributed by atoms with Gasteiger partial charge >= 0.3 is 0 Å². The van der Waals surface area contributed by atoms with Gasteiger partial charge < -0.3 is 0 Å². The second-order valence-electron chi connectivity index (χ2n) is 3.74. The van der Waals surface area contributed by atoms with Gasteiger partial charge in [0.2, 0.25) is 0 Å². The van der Waals surface area contributed by atoms with Crippen LogP contribution in [0.4, 0.5) is 0 Å². The molecule has 0 amide bonds. The van der Waals surface area contributed by atoms with E-state index in [4.69, 9.17) is 0 Å². The van der Waals surface area contributed by atoms with Crippen LogP contribution in [0.2, 0.25) is 0 Å². The second-order valence-corrected chi connectivity index (χ2v) is 4.36. The van der Waals surface area contributed by atoms with E-state index < -0.39 is 0 Å². The lowest BCUT2D eigenvalue weighted by Gasteiger charge is -2.07. The Morgan fingerprint density at radius 2 is 1.82 bits per heavy atom. The first-order valence-electron chi connectivity index (χ1n) is 4.46. The van der Waals surface area contributed by atoms with Gasteiger partial charge in [-0.2, -0.15) is 0 Å². The first-order valence-corrected chi connectivity index (χ1v) is 5.45. The molecule has 0 fully saturated rings. The molecule has 0 saturated carbocycles. The van der Waals surface area contributed by atoms with Gasteiger partial charge in [-0.25, -0.2) is 0 Å². The van der Waals surface area contributed by atoms with Gasteiger partial charge in [0.15, 0.2) is 8.46 Å². The lowest BCUT2D eigenvalue weighted by Crippen LogP contribution is -1.97. The average Bonchev–Trinajstić information content (AvgIpc) is 1.87. The lowest BCUT2D eigenvalue weighted by atomic mass is 10.0. The van der Waals surface area contributed by atoms with E-state index in [0.717, 1.165) is 12.1 Å². The Labute approximate surface area is 71.8 Å². The van der Waals surface area contributed by atoms with Crippen molar-refractivity contribution >= 4 is 8.46 Å². The van der Waals surface area contributed by atoms with Gasteiger partial charge in [0.25, 0.3) is 0 Å². The van der Waals surface area contributed by atoms with Crippen molar-refractivity contribution < 1.29 is 4.57 Å². The molecule has 0 aromatic carbocycles. The van der Waals surface area contributed by atoms with Crippen LogP contribution in [-0.4, -0.2) is 6.16 Å². The van der Waals surface area contributed by atoms with E-state index in [1.165, 1.54) is 19.3 Å². The van der Waals surface area contributed by atoms with Crippen LogP contribution >= 0.6 is 8.46 Å². The summed E-state index contributed by atoms with van der Waals surface area (Å²) in [6.45, 7) is 6.66. The standard InChI is InChI=1S/C9H19OP/c1-8(2)5-4-6-9(3)7-11-10/h8-9H,4-7H2,1-3H3. The molecule has 0 aliphatic rings. The van der Waals surface area contributed by atoms with Crippen LogP contribution in [0.25, 0.3) is 0 Å². The summed E-state index contributed by atoms with van der Waals surface area (Å²) in [6.07, 6.45) is 4.65. The Bertz CT molecular complexity index is 102. The Balaban J connectivity index is 3.16. The third-order valence-electron chi connectivity index (χ3n) is 1.86. The lowest BCUT2D eigenvalue weighted by molar-refractivity contribution is 0.480. The van der Waals surface area contributed by atoms with Crippen molar-refractivity contribution in [3.63, 3.8) is 0 Å². The molecule has 0 aliphatic heterocycles. The maximum atomic E-state index is 10.2. The minimum atomic E-state index is 0.306. The van der Waals surface area contributed by atoms with Gasteiger partial charge in [-0.05, 0) is 18.3 Å². The minimum absolute atomic E-state index is 0.306. The summed E-state index contributed by atoms with van der Waals surface area (Å²) >= 11 is 0. The van der Waals surface area contributed by atoms with Crippen molar-refractivity contribution in [1.82, 2.24) is 0 Å². The molecule has 1 unspecified atom stereocenters. The normalized spacial score (nSPS) is 14.2. The summed E-state index contributed by atoms with van der Waals surface area (Å²) in [6, 6.07) is 0. The largest absolute Gasteiger partial charge is 0.275 e. The fourth-order valence-electron chi connectivity index (χ4n) is 1.09. The van der Waals surface area contributed by atoms with Crippen molar-refractivity contribution in [2.24, 2.45) is 11.8 Å². The highest BCUT2D eigenvalue weighted by molar-refractivity contribution is 7.23. The highest BCUT2D eigenvalue weighted by atomic mass is 31.1. The van der Waals surface area contributed by atoms with Crippen LogP contribution in [0.3, 0.4) is 0 Å². The van der Waals surface area contributed by atoms with E-state index in [9.17, 15) is 4.57 Å². The zero-order chi connectivity index (χ0) is 8.69. The molecule has 0 bridgehead atoms. The van der Waals surface area contributed by atoms with Gasteiger partial charge in [-0.1, -0.05) is 33.6 Å². The Morgan fingerprint density at radius 3 is 2.27 bits per heavy atom. The van der Waals surface area contributed by atoms with E-state index in [2.05, 4.69) is 20.8 Å². The van der Waals surface area contributed by atoms with Gasteiger partial charge in [0, 0.05) is 6.16 Å². The molecule has 0 radical (unpaired) electrons. The average molecular weight is 174 g/mol.